The molecule has 1 atom stereocenters. The van der Waals surface area contributed by atoms with Gasteiger partial charge in [-0.05, 0) is 13.8 Å². The molecule has 2 aromatic heterocycles. The zero-order valence-corrected chi connectivity index (χ0v) is 13.1. The molecule has 0 aromatic carbocycles. The van der Waals surface area contributed by atoms with Crippen LogP contribution in [0.3, 0.4) is 0 Å². The van der Waals surface area contributed by atoms with Crippen molar-refractivity contribution in [2.75, 3.05) is 20.3 Å². The maximum Gasteiger partial charge on any atom is 0.138 e. The number of methoxy groups -OCH3 is 1. The van der Waals surface area contributed by atoms with Crippen molar-refractivity contribution in [3.05, 3.63) is 34.7 Å². The molecule has 1 aliphatic heterocycles. The van der Waals surface area contributed by atoms with E-state index >= 15 is 0 Å². The molecule has 3 heterocycles. The summed E-state index contributed by atoms with van der Waals surface area (Å²) in [6.07, 6.45) is 1.90. The molecule has 0 radical (unpaired) electrons. The first-order chi connectivity index (χ1) is 10.1. The summed E-state index contributed by atoms with van der Waals surface area (Å²) in [5.74, 6) is 1.26. The Balaban J connectivity index is 1.83. The molecule has 3 rings (SSSR count). The van der Waals surface area contributed by atoms with Crippen molar-refractivity contribution < 1.29 is 9.26 Å². The zero-order valence-electron chi connectivity index (χ0n) is 13.1. The van der Waals surface area contributed by atoms with E-state index in [4.69, 9.17) is 9.26 Å². The van der Waals surface area contributed by atoms with Gasteiger partial charge in [0.2, 0.25) is 0 Å². The molecule has 0 spiro atoms. The smallest absolute Gasteiger partial charge is 0.138 e. The molecule has 6 nitrogen and oxygen atoms in total. The molecular formula is C15H22N4O2. The largest absolute Gasteiger partial charge is 0.384 e. The molecule has 0 saturated heterocycles. The fourth-order valence-corrected chi connectivity index (χ4v) is 3.21. The van der Waals surface area contributed by atoms with Gasteiger partial charge in [0.15, 0.2) is 0 Å². The highest BCUT2D eigenvalue weighted by Crippen LogP contribution is 2.29. The van der Waals surface area contributed by atoms with Gasteiger partial charge in [0.25, 0.3) is 0 Å². The van der Waals surface area contributed by atoms with Crippen LogP contribution in [0.15, 0.2) is 10.9 Å². The second-order valence-electron chi connectivity index (χ2n) is 5.81. The Hall–Kier alpha value is -1.66. The third-order valence-electron chi connectivity index (χ3n) is 4.23. The Morgan fingerprint density at radius 3 is 2.90 bits per heavy atom. The standard InChI is InChI=1S/C15H22N4O2/c1-10-13(11(2)21-17-10)6-19-5-12(8-20-4)15-14(7-19)16-9-18(15)3/h9,12H,5-8H2,1-4H3/t12-/m1/s1. The predicted octanol–water partition coefficient (Wildman–Crippen LogP) is 1.77. The summed E-state index contributed by atoms with van der Waals surface area (Å²) in [5.41, 5.74) is 4.61. The van der Waals surface area contributed by atoms with Crippen molar-refractivity contribution in [1.82, 2.24) is 19.6 Å². The molecule has 0 saturated carbocycles. The van der Waals surface area contributed by atoms with Crippen molar-refractivity contribution >= 4 is 0 Å². The first-order valence-corrected chi connectivity index (χ1v) is 7.23. The molecule has 2 aromatic rings. The first kappa shape index (κ1) is 14.3. The maximum absolute atomic E-state index is 5.39. The van der Waals surface area contributed by atoms with Crippen LogP contribution in [0, 0.1) is 13.8 Å². The number of ether oxygens (including phenoxy) is 1. The minimum absolute atomic E-state index is 0.353. The van der Waals surface area contributed by atoms with E-state index in [0.717, 1.165) is 36.8 Å². The maximum atomic E-state index is 5.39. The highest BCUT2D eigenvalue weighted by atomic mass is 16.5. The second kappa shape index (κ2) is 5.61. The Morgan fingerprint density at radius 2 is 2.24 bits per heavy atom. The molecule has 21 heavy (non-hydrogen) atoms. The third-order valence-corrected chi connectivity index (χ3v) is 4.23. The molecule has 0 fully saturated rings. The lowest BCUT2D eigenvalue weighted by atomic mass is 9.98. The molecule has 0 N–H and O–H groups in total. The van der Waals surface area contributed by atoms with Crippen molar-refractivity contribution in [1.29, 1.82) is 0 Å². The van der Waals surface area contributed by atoms with Crippen LogP contribution in [0.25, 0.3) is 0 Å². The number of imidazole rings is 1. The fourth-order valence-electron chi connectivity index (χ4n) is 3.21. The SMILES string of the molecule is COC[C@H]1CN(Cc2c(C)noc2C)Cc2ncn(C)c21. The average Bonchev–Trinajstić information content (AvgIpc) is 2.97. The first-order valence-electron chi connectivity index (χ1n) is 7.23. The predicted molar refractivity (Wildman–Crippen MR) is 77.9 cm³/mol. The quantitative estimate of drug-likeness (QED) is 0.859. The van der Waals surface area contributed by atoms with Gasteiger partial charge in [-0.3, -0.25) is 4.90 Å². The minimum atomic E-state index is 0.353. The van der Waals surface area contributed by atoms with Gasteiger partial charge in [0, 0.05) is 51.0 Å². The summed E-state index contributed by atoms with van der Waals surface area (Å²) in [5, 5.41) is 4.04. The van der Waals surface area contributed by atoms with Crippen LogP contribution in [0.4, 0.5) is 0 Å². The zero-order chi connectivity index (χ0) is 15.0. The van der Waals surface area contributed by atoms with Crippen LogP contribution in [-0.4, -0.2) is 39.9 Å². The fraction of sp³-hybridized carbons (Fsp3) is 0.600. The summed E-state index contributed by atoms with van der Waals surface area (Å²) in [6, 6.07) is 0. The second-order valence-corrected chi connectivity index (χ2v) is 5.81. The van der Waals surface area contributed by atoms with Crippen LogP contribution in [0.2, 0.25) is 0 Å². The third kappa shape index (κ3) is 2.61. The van der Waals surface area contributed by atoms with Gasteiger partial charge in [0.05, 0.1) is 24.3 Å². The number of aromatic nitrogens is 3. The van der Waals surface area contributed by atoms with Crippen LogP contribution in [0.1, 0.15) is 34.3 Å². The van der Waals surface area contributed by atoms with E-state index in [1.54, 1.807) is 7.11 Å². The van der Waals surface area contributed by atoms with Gasteiger partial charge in [-0.1, -0.05) is 5.16 Å². The van der Waals surface area contributed by atoms with Crippen LogP contribution in [0.5, 0.6) is 0 Å². The van der Waals surface area contributed by atoms with E-state index in [1.807, 2.05) is 20.2 Å². The summed E-state index contributed by atoms with van der Waals surface area (Å²) < 4.78 is 12.8. The highest BCUT2D eigenvalue weighted by molar-refractivity contribution is 5.24. The number of fused-ring (bicyclic) bond motifs is 1. The monoisotopic (exact) mass is 290 g/mol. The lowest BCUT2D eigenvalue weighted by molar-refractivity contribution is 0.132. The van der Waals surface area contributed by atoms with Gasteiger partial charge in [-0.2, -0.15) is 0 Å². The average molecular weight is 290 g/mol. The highest BCUT2D eigenvalue weighted by Gasteiger charge is 2.29. The van der Waals surface area contributed by atoms with Crippen molar-refractivity contribution in [2.45, 2.75) is 32.9 Å². The Kier molecular flexibility index (Phi) is 3.82. The van der Waals surface area contributed by atoms with E-state index in [9.17, 15) is 0 Å². The van der Waals surface area contributed by atoms with E-state index < -0.39 is 0 Å². The van der Waals surface area contributed by atoms with Crippen molar-refractivity contribution in [2.24, 2.45) is 7.05 Å². The van der Waals surface area contributed by atoms with E-state index in [1.165, 1.54) is 11.3 Å². The molecular weight excluding hydrogens is 268 g/mol. The summed E-state index contributed by atoms with van der Waals surface area (Å²) in [6.45, 7) is 7.35. The molecule has 0 amide bonds. The van der Waals surface area contributed by atoms with E-state index in [2.05, 4.69) is 26.7 Å². The number of hydrogen-bond donors (Lipinski definition) is 0. The normalized spacial score (nSPS) is 19.0. The van der Waals surface area contributed by atoms with Gasteiger partial charge < -0.3 is 13.8 Å². The molecule has 0 unspecified atom stereocenters. The van der Waals surface area contributed by atoms with Gasteiger partial charge >= 0.3 is 0 Å². The number of rotatable bonds is 4. The Morgan fingerprint density at radius 1 is 1.43 bits per heavy atom. The number of hydrogen-bond acceptors (Lipinski definition) is 5. The molecule has 0 bridgehead atoms. The lowest BCUT2D eigenvalue weighted by Gasteiger charge is -2.32. The summed E-state index contributed by atoms with van der Waals surface area (Å²) >= 11 is 0. The number of nitrogens with zero attached hydrogens (tertiary/aromatic N) is 4. The molecule has 0 aliphatic carbocycles. The molecule has 1 aliphatic rings. The minimum Gasteiger partial charge on any atom is -0.384 e. The van der Waals surface area contributed by atoms with Crippen LogP contribution >= 0.6 is 0 Å². The van der Waals surface area contributed by atoms with E-state index in [0.29, 0.717) is 12.5 Å². The lowest BCUT2D eigenvalue weighted by Crippen LogP contribution is -2.36. The van der Waals surface area contributed by atoms with Crippen molar-refractivity contribution in [3.63, 3.8) is 0 Å². The topological polar surface area (TPSA) is 56.3 Å². The van der Waals surface area contributed by atoms with Crippen molar-refractivity contribution in [3.8, 4) is 0 Å². The van der Waals surface area contributed by atoms with Gasteiger partial charge in [0.1, 0.15) is 5.76 Å². The Bertz CT molecular complexity index is 612. The molecule has 114 valence electrons. The summed E-state index contributed by atoms with van der Waals surface area (Å²) in [7, 11) is 3.81. The van der Waals surface area contributed by atoms with E-state index in [-0.39, 0.29) is 0 Å². The van der Waals surface area contributed by atoms with Crippen LogP contribution in [-0.2, 0) is 24.9 Å². The van der Waals surface area contributed by atoms with Gasteiger partial charge in [-0.25, -0.2) is 4.98 Å². The summed E-state index contributed by atoms with van der Waals surface area (Å²) in [4.78, 5) is 6.93. The number of aryl methyl sites for hydroxylation is 3. The Labute approximate surface area is 124 Å². The van der Waals surface area contributed by atoms with Gasteiger partial charge in [-0.15, -0.1) is 0 Å². The molecule has 6 heteroatoms. The van der Waals surface area contributed by atoms with Crippen LogP contribution < -0.4 is 0 Å².